The van der Waals surface area contributed by atoms with Crippen LogP contribution in [0.15, 0.2) is 0 Å². The second-order valence-corrected chi connectivity index (χ2v) is 10.8. The van der Waals surface area contributed by atoms with E-state index < -0.39 is 14.4 Å². The quantitative estimate of drug-likeness (QED) is 0.564. The Morgan fingerprint density at radius 3 is 1.88 bits per heavy atom. The van der Waals surface area contributed by atoms with E-state index in [2.05, 4.69) is 33.9 Å². The number of esters is 1. The van der Waals surface area contributed by atoms with Crippen LogP contribution in [0.3, 0.4) is 0 Å². The average Bonchev–Trinajstić information content (AvgIpc) is 2.10. The predicted octanol–water partition coefficient (Wildman–Crippen LogP) is 3.21. The number of carbonyl (C=O) groups is 1. The third-order valence-corrected chi connectivity index (χ3v) is 7.72. The Morgan fingerprint density at radius 1 is 1.19 bits per heavy atom. The van der Waals surface area contributed by atoms with Crippen molar-refractivity contribution in [3.05, 3.63) is 0 Å². The lowest BCUT2D eigenvalue weighted by Crippen LogP contribution is -2.47. The molecule has 0 aliphatic heterocycles. The summed E-state index contributed by atoms with van der Waals surface area (Å²) in [4.78, 5) is 11.6. The SMILES string of the molecule is COC(=O)[C@H](O[Si](C)(C)C(C)(C)C)C(C)C. The molecule has 0 fully saturated rings. The predicted molar refractivity (Wildman–Crippen MR) is 68.9 cm³/mol. The van der Waals surface area contributed by atoms with Gasteiger partial charge in [0, 0.05) is 0 Å². The second kappa shape index (κ2) is 5.32. The van der Waals surface area contributed by atoms with Crippen LogP contribution >= 0.6 is 0 Å². The largest absolute Gasteiger partial charge is 0.467 e. The molecule has 0 amide bonds. The van der Waals surface area contributed by atoms with Crippen molar-refractivity contribution in [2.24, 2.45) is 5.92 Å². The smallest absolute Gasteiger partial charge is 0.334 e. The first kappa shape index (κ1) is 15.6. The average molecular weight is 246 g/mol. The Morgan fingerprint density at radius 2 is 1.62 bits per heavy atom. The van der Waals surface area contributed by atoms with Gasteiger partial charge in [-0.25, -0.2) is 4.79 Å². The highest BCUT2D eigenvalue weighted by molar-refractivity contribution is 6.74. The maximum atomic E-state index is 11.6. The number of methoxy groups -OCH3 is 1. The van der Waals surface area contributed by atoms with E-state index in [1.807, 2.05) is 13.8 Å². The molecule has 96 valence electrons. The van der Waals surface area contributed by atoms with Crippen LogP contribution in [-0.2, 0) is 14.0 Å². The Hall–Kier alpha value is -0.353. The third-order valence-electron chi connectivity index (χ3n) is 3.27. The zero-order valence-corrected chi connectivity index (χ0v) is 12.9. The van der Waals surface area contributed by atoms with E-state index in [1.54, 1.807) is 0 Å². The highest BCUT2D eigenvalue weighted by atomic mass is 28.4. The van der Waals surface area contributed by atoms with E-state index in [-0.39, 0.29) is 16.9 Å². The monoisotopic (exact) mass is 246 g/mol. The van der Waals surface area contributed by atoms with Gasteiger partial charge in [0.1, 0.15) is 6.10 Å². The first-order valence-electron chi connectivity index (χ1n) is 5.78. The van der Waals surface area contributed by atoms with Gasteiger partial charge in [-0.1, -0.05) is 34.6 Å². The molecule has 0 aromatic rings. The van der Waals surface area contributed by atoms with Crippen molar-refractivity contribution >= 4 is 14.3 Å². The number of carbonyl (C=O) groups excluding carboxylic acids is 1. The number of ether oxygens (including phenoxy) is 1. The van der Waals surface area contributed by atoms with Crippen LogP contribution < -0.4 is 0 Å². The van der Waals surface area contributed by atoms with Crippen LogP contribution in [0, 0.1) is 5.92 Å². The molecule has 0 aromatic heterocycles. The summed E-state index contributed by atoms with van der Waals surface area (Å²) in [5, 5.41) is 0.105. The van der Waals surface area contributed by atoms with Crippen LogP contribution in [0.4, 0.5) is 0 Å². The molecule has 0 unspecified atom stereocenters. The molecule has 0 spiro atoms. The number of hydrogen-bond donors (Lipinski definition) is 0. The molecule has 0 saturated carbocycles. The molecule has 0 aliphatic carbocycles. The Labute approximate surface area is 101 Å². The van der Waals surface area contributed by atoms with E-state index in [4.69, 9.17) is 9.16 Å². The van der Waals surface area contributed by atoms with Gasteiger partial charge < -0.3 is 9.16 Å². The number of rotatable bonds is 4. The standard InChI is InChI=1S/C12H26O3Si/c1-9(2)10(11(13)14-6)15-16(7,8)12(3,4)5/h9-10H,1-8H3/t10-/m1/s1. The van der Waals surface area contributed by atoms with Gasteiger partial charge in [-0.15, -0.1) is 0 Å². The summed E-state index contributed by atoms with van der Waals surface area (Å²) in [6.45, 7) is 14.7. The summed E-state index contributed by atoms with van der Waals surface area (Å²) in [6, 6.07) is 0. The lowest BCUT2D eigenvalue weighted by atomic mass is 10.1. The molecular weight excluding hydrogens is 220 g/mol. The van der Waals surface area contributed by atoms with E-state index in [1.165, 1.54) is 7.11 Å². The molecule has 0 N–H and O–H groups in total. The van der Waals surface area contributed by atoms with Crippen molar-refractivity contribution in [2.45, 2.75) is 58.9 Å². The lowest BCUT2D eigenvalue weighted by molar-refractivity contribution is -0.151. The minimum atomic E-state index is -1.91. The van der Waals surface area contributed by atoms with Gasteiger partial charge >= 0.3 is 5.97 Å². The van der Waals surface area contributed by atoms with E-state index >= 15 is 0 Å². The van der Waals surface area contributed by atoms with Crippen molar-refractivity contribution in [3.63, 3.8) is 0 Å². The fourth-order valence-electron chi connectivity index (χ4n) is 1.07. The van der Waals surface area contributed by atoms with E-state index in [0.717, 1.165) is 0 Å². The van der Waals surface area contributed by atoms with E-state index in [0.29, 0.717) is 0 Å². The van der Waals surface area contributed by atoms with Crippen LogP contribution in [0.5, 0.6) is 0 Å². The fourth-order valence-corrected chi connectivity index (χ4v) is 2.42. The summed E-state index contributed by atoms with van der Waals surface area (Å²) in [5.74, 6) is -0.124. The molecule has 0 bridgehead atoms. The Bertz CT molecular complexity index is 241. The maximum Gasteiger partial charge on any atom is 0.334 e. The summed E-state index contributed by atoms with van der Waals surface area (Å²) in [7, 11) is -0.501. The molecule has 16 heavy (non-hydrogen) atoms. The number of hydrogen-bond acceptors (Lipinski definition) is 3. The maximum absolute atomic E-state index is 11.6. The van der Waals surface area contributed by atoms with Gasteiger partial charge in [0.15, 0.2) is 8.32 Å². The highest BCUT2D eigenvalue weighted by Gasteiger charge is 2.41. The van der Waals surface area contributed by atoms with Crippen LogP contribution in [0.2, 0.25) is 18.1 Å². The molecule has 0 heterocycles. The van der Waals surface area contributed by atoms with Gasteiger partial charge in [-0.2, -0.15) is 0 Å². The molecule has 3 nitrogen and oxygen atoms in total. The topological polar surface area (TPSA) is 35.5 Å². The zero-order valence-electron chi connectivity index (χ0n) is 11.9. The van der Waals surface area contributed by atoms with Crippen LogP contribution in [-0.4, -0.2) is 27.5 Å². The van der Waals surface area contributed by atoms with Gasteiger partial charge in [0.2, 0.25) is 0 Å². The summed E-state index contributed by atoms with van der Waals surface area (Å²) in [6.07, 6.45) is -0.439. The molecule has 0 radical (unpaired) electrons. The van der Waals surface area contributed by atoms with Crippen molar-refractivity contribution < 1.29 is 14.0 Å². The Balaban J connectivity index is 4.83. The minimum absolute atomic E-state index is 0.105. The molecule has 0 rings (SSSR count). The third kappa shape index (κ3) is 3.90. The fraction of sp³-hybridized carbons (Fsp3) is 0.917. The van der Waals surface area contributed by atoms with Crippen molar-refractivity contribution in [2.75, 3.05) is 7.11 Å². The highest BCUT2D eigenvalue weighted by Crippen LogP contribution is 2.38. The molecule has 0 saturated heterocycles. The summed E-state index contributed by atoms with van der Waals surface area (Å²) < 4.78 is 10.9. The van der Waals surface area contributed by atoms with Gasteiger partial charge in [-0.3, -0.25) is 0 Å². The second-order valence-electron chi connectivity index (χ2n) is 6.07. The van der Waals surface area contributed by atoms with Gasteiger partial charge in [0.25, 0.3) is 0 Å². The van der Waals surface area contributed by atoms with Crippen LogP contribution in [0.1, 0.15) is 34.6 Å². The van der Waals surface area contributed by atoms with Gasteiger partial charge in [0.05, 0.1) is 7.11 Å². The lowest BCUT2D eigenvalue weighted by Gasteiger charge is -2.39. The minimum Gasteiger partial charge on any atom is -0.467 e. The molecule has 4 heteroatoms. The molecule has 1 atom stereocenters. The summed E-state index contributed by atoms with van der Waals surface area (Å²) >= 11 is 0. The summed E-state index contributed by atoms with van der Waals surface area (Å²) in [5.41, 5.74) is 0. The Kier molecular flexibility index (Phi) is 5.20. The van der Waals surface area contributed by atoms with Gasteiger partial charge in [-0.05, 0) is 24.1 Å². The first-order valence-corrected chi connectivity index (χ1v) is 8.69. The van der Waals surface area contributed by atoms with Crippen LogP contribution in [0.25, 0.3) is 0 Å². The molecule has 0 aromatic carbocycles. The van der Waals surface area contributed by atoms with Crippen molar-refractivity contribution in [1.82, 2.24) is 0 Å². The normalized spacial score (nSPS) is 15.1. The van der Waals surface area contributed by atoms with E-state index in [9.17, 15) is 4.79 Å². The van der Waals surface area contributed by atoms with Crippen molar-refractivity contribution in [3.8, 4) is 0 Å². The van der Waals surface area contributed by atoms with Crippen molar-refractivity contribution in [1.29, 1.82) is 0 Å². The zero-order chi connectivity index (χ0) is 13.1. The molecular formula is C12H26O3Si. The first-order chi connectivity index (χ1) is 7.03. The molecule has 0 aliphatic rings.